The molecule has 1 heterocycles. The van der Waals surface area contributed by atoms with Crippen LogP contribution in [-0.4, -0.2) is 27.2 Å². The number of carbonyl (C=O) groups is 1. The van der Waals surface area contributed by atoms with Gasteiger partial charge in [-0.05, 0) is 26.2 Å². The number of hydrogen-bond donors (Lipinski definition) is 2. The number of amides is 1. The lowest BCUT2D eigenvalue weighted by Crippen LogP contribution is -2.06. The van der Waals surface area contributed by atoms with E-state index in [2.05, 4.69) is 10.4 Å². The monoisotopic (exact) mass is 229 g/mol. The highest BCUT2D eigenvalue weighted by Crippen LogP contribution is 2.08. The van der Waals surface area contributed by atoms with Crippen LogP contribution >= 0.6 is 0 Å². The van der Waals surface area contributed by atoms with E-state index in [0.29, 0.717) is 18.7 Å². The largest absolute Gasteiger partial charge is 0.465 e. The van der Waals surface area contributed by atoms with E-state index in [1.807, 2.05) is 0 Å². The number of nitrogens with zero attached hydrogens (tertiary/aromatic N) is 2. The number of alkyl halides is 1. The number of rotatable bonds is 6. The zero-order chi connectivity index (χ0) is 12.0. The molecular weight excluding hydrogens is 213 g/mol. The molecule has 90 valence electrons. The molecule has 0 saturated heterocycles. The third kappa shape index (κ3) is 4.77. The van der Waals surface area contributed by atoms with E-state index in [9.17, 15) is 9.18 Å². The Bertz CT molecular complexity index is 339. The van der Waals surface area contributed by atoms with Gasteiger partial charge in [-0.3, -0.25) is 10.00 Å². The van der Waals surface area contributed by atoms with Crippen LogP contribution in [0.3, 0.4) is 0 Å². The average molecular weight is 229 g/mol. The molecule has 1 atom stereocenters. The van der Waals surface area contributed by atoms with Gasteiger partial charge in [-0.15, -0.1) is 0 Å². The quantitative estimate of drug-likeness (QED) is 0.736. The maximum Gasteiger partial charge on any atom is 0.409 e. The first-order valence-corrected chi connectivity index (χ1v) is 5.24. The maximum atomic E-state index is 12.5. The summed E-state index contributed by atoms with van der Waals surface area (Å²) in [6.45, 7) is 2.22. The summed E-state index contributed by atoms with van der Waals surface area (Å²) in [5, 5.41) is 14.7. The van der Waals surface area contributed by atoms with E-state index in [-0.39, 0.29) is 0 Å². The molecule has 2 N–H and O–H groups in total. The summed E-state index contributed by atoms with van der Waals surface area (Å²) in [5.74, 6) is 0. The van der Waals surface area contributed by atoms with E-state index < -0.39 is 12.3 Å². The second-order valence-corrected chi connectivity index (χ2v) is 3.70. The van der Waals surface area contributed by atoms with Crippen LogP contribution in [0.5, 0.6) is 0 Å². The van der Waals surface area contributed by atoms with Gasteiger partial charge in [-0.25, -0.2) is 9.18 Å². The Morgan fingerprint density at radius 3 is 3.06 bits per heavy atom. The van der Waals surface area contributed by atoms with Crippen LogP contribution in [-0.2, 0) is 6.54 Å². The topological polar surface area (TPSA) is 67.2 Å². The van der Waals surface area contributed by atoms with E-state index in [1.54, 1.807) is 17.8 Å². The van der Waals surface area contributed by atoms with Crippen molar-refractivity contribution in [2.75, 3.05) is 5.32 Å². The summed E-state index contributed by atoms with van der Waals surface area (Å²) in [5.41, 5.74) is 0.450. The van der Waals surface area contributed by atoms with Crippen LogP contribution in [0.15, 0.2) is 12.4 Å². The van der Waals surface area contributed by atoms with E-state index in [1.165, 1.54) is 6.20 Å². The van der Waals surface area contributed by atoms with Crippen molar-refractivity contribution in [3.63, 3.8) is 0 Å². The van der Waals surface area contributed by atoms with Crippen molar-refractivity contribution < 1.29 is 14.3 Å². The van der Waals surface area contributed by atoms with Gasteiger partial charge in [0.2, 0.25) is 0 Å². The minimum atomic E-state index is -1.11. The van der Waals surface area contributed by atoms with Crippen molar-refractivity contribution in [1.29, 1.82) is 0 Å². The van der Waals surface area contributed by atoms with Gasteiger partial charge in [-0.2, -0.15) is 5.10 Å². The number of nitrogens with one attached hydrogen (secondary N) is 1. The molecule has 16 heavy (non-hydrogen) atoms. The van der Waals surface area contributed by atoms with Gasteiger partial charge in [-0.1, -0.05) is 0 Å². The van der Waals surface area contributed by atoms with Crippen molar-refractivity contribution in [2.24, 2.45) is 0 Å². The molecule has 0 aromatic carbocycles. The summed E-state index contributed by atoms with van der Waals surface area (Å²) in [7, 11) is 0. The summed E-state index contributed by atoms with van der Waals surface area (Å²) >= 11 is 0. The lowest BCUT2D eigenvalue weighted by Gasteiger charge is -2.02. The van der Waals surface area contributed by atoms with Gasteiger partial charge < -0.3 is 5.11 Å². The Morgan fingerprint density at radius 1 is 1.69 bits per heavy atom. The van der Waals surface area contributed by atoms with Gasteiger partial charge >= 0.3 is 6.09 Å². The molecule has 1 amide bonds. The first-order chi connectivity index (χ1) is 7.58. The summed E-state index contributed by atoms with van der Waals surface area (Å²) in [6, 6.07) is 0. The van der Waals surface area contributed by atoms with E-state index in [4.69, 9.17) is 5.11 Å². The third-order valence-electron chi connectivity index (χ3n) is 2.12. The average Bonchev–Trinajstić information content (AvgIpc) is 2.59. The van der Waals surface area contributed by atoms with Gasteiger partial charge in [0, 0.05) is 12.7 Å². The molecule has 0 aliphatic heterocycles. The Morgan fingerprint density at radius 2 is 2.44 bits per heavy atom. The molecule has 0 aliphatic carbocycles. The number of halogens is 1. The molecule has 1 unspecified atom stereocenters. The molecule has 6 heteroatoms. The molecule has 0 saturated carbocycles. The molecule has 1 aromatic heterocycles. The number of aromatic nitrogens is 2. The number of hydrogen-bond acceptors (Lipinski definition) is 2. The highest BCUT2D eigenvalue weighted by atomic mass is 19.1. The van der Waals surface area contributed by atoms with Crippen LogP contribution in [0.4, 0.5) is 14.9 Å². The molecule has 5 nitrogen and oxygen atoms in total. The fraction of sp³-hybridized carbons (Fsp3) is 0.600. The molecular formula is C10H16FN3O2. The van der Waals surface area contributed by atoms with Crippen molar-refractivity contribution >= 4 is 11.8 Å². The van der Waals surface area contributed by atoms with Gasteiger partial charge in [0.05, 0.1) is 18.1 Å². The molecule has 0 radical (unpaired) electrons. The number of aryl methyl sites for hydroxylation is 1. The minimum Gasteiger partial charge on any atom is -0.465 e. The summed E-state index contributed by atoms with van der Waals surface area (Å²) in [4.78, 5) is 10.3. The Hall–Kier alpha value is -1.59. The van der Waals surface area contributed by atoms with E-state index >= 15 is 0 Å². The van der Waals surface area contributed by atoms with Crippen molar-refractivity contribution in [3.8, 4) is 0 Å². The Kier molecular flexibility index (Phi) is 4.75. The highest BCUT2D eigenvalue weighted by Gasteiger charge is 2.02. The normalized spacial score (nSPS) is 12.4. The summed E-state index contributed by atoms with van der Waals surface area (Å²) in [6.07, 6.45) is 3.40. The zero-order valence-corrected chi connectivity index (χ0v) is 9.19. The standard InChI is InChI=1S/C10H16FN3O2/c1-8(11)4-2-3-5-14-7-9(6-12-14)13-10(15)16/h6-8,13H,2-5H2,1H3,(H,15,16). The molecule has 0 aliphatic rings. The van der Waals surface area contributed by atoms with Crippen LogP contribution in [0.2, 0.25) is 0 Å². The SMILES string of the molecule is CC(F)CCCCn1cc(NC(=O)O)cn1. The fourth-order valence-corrected chi connectivity index (χ4v) is 1.37. The number of anilines is 1. The molecule has 0 bridgehead atoms. The maximum absolute atomic E-state index is 12.5. The van der Waals surface area contributed by atoms with Crippen LogP contribution in [0.1, 0.15) is 26.2 Å². The smallest absolute Gasteiger partial charge is 0.409 e. The minimum absolute atomic E-state index is 0.450. The second kappa shape index (κ2) is 6.09. The van der Waals surface area contributed by atoms with Crippen molar-refractivity contribution in [2.45, 2.75) is 38.9 Å². The Balaban J connectivity index is 2.26. The fourth-order valence-electron chi connectivity index (χ4n) is 1.37. The third-order valence-corrected chi connectivity index (χ3v) is 2.12. The Labute approximate surface area is 93.3 Å². The van der Waals surface area contributed by atoms with Gasteiger partial charge in [0.1, 0.15) is 0 Å². The predicted octanol–water partition coefficient (Wildman–Crippen LogP) is 2.50. The lowest BCUT2D eigenvalue weighted by molar-refractivity contribution is 0.209. The van der Waals surface area contributed by atoms with Crippen molar-refractivity contribution in [1.82, 2.24) is 9.78 Å². The zero-order valence-electron chi connectivity index (χ0n) is 9.19. The van der Waals surface area contributed by atoms with Crippen LogP contribution < -0.4 is 5.32 Å². The first kappa shape index (κ1) is 12.5. The highest BCUT2D eigenvalue weighted by molar-refractivity contribution is 5.82. The van der Waals surface area contributed by atoms with Gasteiger partial charge in [0.15, 0.2) is 0 Å². The number of unbranched alkanes of at least 4 members (excludes halogenated alkanes) is 1. The number of carboxylic acid groups (broad SMARTS) is 1. The molecule has 1 aromatic rings. The van der Waals surface area contributed by atoms with E-state index in [0.717, 1.165) is 12.8 Å². The summed E-state index contributed by atoms with van der Waals surface area (Å²) < 4.78 is 14.1. The van der Waals surface area contributed by atoms with Crippen LogP contribution in [0.25, 0.3) is 0 Å². The first-order valence-electron chi connectivity index (χ1n) is 5.24. The second-order valence-electron chi connectivity index (χ2n) is 3.70. The van der Waals surface area contributed by atoms with Crippen molar-refractivity contribution in [3.05, 3.63) is 12.4 Å². The lowest BCUT2D eigenvalue weighted by atomic mass is 10.2. The molecule has 0 spiro atoms. The van der Waals surface area contributed by atoms with Gasteiger partial charge in [0.25, 0.3) is 0 Å². The molecule has 0 fully saturated rings. The molecule has 1 rings (SSSR count). The van der Waals surface area contributed by atoms with Crippen LogP contribution in [0, 0.1) is 0 Å². The predicted molar refractivity (Wildman–Crippen MR) is 58.3 cm³/mol.